The number of urea groups is 2. The number of hydrogen-bond acceptors (Lipinski definition) is 6. The molecule has 11 nitrogen and oxygen atoms in total. The highest BCUT2D eigenvalue weighted by Gasteiger charge is 2.31. The molecule has 0 bridgehead atoms. The Morgan fingerprint density at radius 1 is 0.979 bits per heavy atom. The third kappa shape index (κ3) is 10.9. The van der Waals surface area contributed by atoms with Crippen molar-refractivity contribution in [2.24, 2.45) is 5.92 Å². The van der Waals surface area contributed by atoms with Gasteiger partial charge in [-0.2, -0.15) is 0 Å². The van der Waals surface area contributed by atoms with E-state index in [-0.39, 0.29) is 49.3 Å². The summed E-state index contributed by atoms with van der Waals surface area (Å²) in [5.41, 5.74) is 1.36. The van der Waals surface area contributed by atoms with Gasteiger partial charge in [-0.05, 0) is 76.3 Å². The topological polar surface area (TPSA) is 132 Å². The Kier molecular flexibility index (Phi) is 13.7. The summed E-state index contributed by atoms with van der Waals surface area (Å²) in [4.78, 5) is 43.6. The summed E-state index contributed by atoms with van der Waals surface area (Å²) in [6.07, 6.45) is 7.46. The van der Waals surface area contributed by atoms with Crippen LogP contribution in [0.4, 0.5) is 21.0 Å². The lowest BCUT2D eigenvalue weighted by Crippen LogP contribution is -2.50. The molecule has 0 aromatic heterocycles. The summed E-state index contributed by atoms with van der Waals surface area (Å²) < 4.78 is 12.7. The van der Waals surface area contributed by atoms with Crippen molar-refractivity contribution < 1.29 is 29.0 Å². The van der Waals surface area contributed by atoms with E-state index in [0.29, 0.717) is 35.8 Å². The van der Waals surface area contributed by atoms with Crippen molar-refractivity contribution in [2.75, 3.05) is 44.0 Å². The molecule has 4 N–H and O–H groups in total. The van der Waals surface area contributed by atoms with Gasteiger partial charge in [-0.3, -0.25) is 4.79 Å². The van der Waals surface area contributed by atoms with Gasteiger partial charge in [0.25, 0.3) is 5.91 Å². The fourth-order valence-corrected chi connectivity index (χ4v) is 6.16. The van der Waals surface area contributed by atoms with E-state index in [1.807, 2.05) is 32.0 Å². The molecule has 0 spiro atoms. The number of para-hydroxylation sites is 1. The van der Waals surface area contributed by atoms with Gasteiger partial charge in [0.1, 0.15) is 5.75 Å². The van der Waals surface area contributed by atoms with Crippen molar-refractivity contribution in [3.05, 3.63) is 54.1 Å². The molecule has 47 heavy (non-hydrogen) atoms. The lowest BCUT2D eigenvalue weighted by atomic mass is 9.96. The number of fused-ring (bicyclic) bond motifs is 1. The zero-order valence-electron chi connectivity index (χ0n) is 28.4. The van der Waals surface area contributed by atoms with E-state index in [1.165, 1.54) is 6.42 Å². The number of amides is 5. The Hall–Kier alpha value is -3.83. The van der Waals surface area contributed by atoms with Gasteiger partial charge < -0.3 is 40.3 Å². The van der Waals surface area contributed by atoms with Crippen molar-refractivity contribution in [2.45, 2.75) is 96.4 Å². The molecule has 1 aliphatic heterocycles. The summed E-state index contributed by atoms with van der Waals surface area (Å²) in [5, 5.41) is 19.0. The number of anilines is 2. The van der Waals surface area contributed by atoms with Gasteiger partial charge >= 0.3 is 12.1 Å². The van der Waals surface area contributed by atoms with Crippen molar-refractivity contribution in [3.8, 4) is 5.75 Å². The molecule has 1 heterocycles. The minimum atomic E-state index is -0.505. The van der Waals surface area contributed by atoms with Gasteiger partial charge in [0.05, 0.1) is 30.4 Å². The predicted octanol–water partition coefficient (Wildman–Crippen LogP) is 6.10. The van der Waals surface area contributed by atoms with Gasteiger partial charge in [0.2, 0.25) is 0 Å². The van der Waals surface area contributed by atoms with Crippen LogP contribution in [0.1, 0.15) is 82.5 Å². The SMILES string of the molecule is C[C@H](CO)N1C[C@H](C)[C@H](CN(C)C(=O)NC2CCCCC2)OCCCC[C@H](C)Oc2ccc(NC(=O)Nc3ccccc3)cc2C1=O. The predicted molar refractivity (Wildman–Crippen MR) is 184 cm³/mol. The second-order valence-electron chi connectivity index (χ2n) is 13.1. The second kappa shape index (κ2) is 17.9. The molecule has 2 aliphatic rings. The Morgan fingerprint density at radius 3 is 2.40 bits per heavy atom. The van der Waals surface area contributed by atoms with Crippen LogP contribution in [0, 0.1) is 5.92 Å². The quantitative estimate of drug-likeness (QED) is 0.286. The average Bonchev–Trinajstić information content (AvgIpc) is 3.06. The number of carbonyl (C=O) groups is 3. The van der Waals surface area contributed by atoms with Crippen LogP contribution in [-0.2, 0) is 4.74 Å². The number of hydrogen-bond donors (Lipinski definition) is 4. The van der Waals surface area contributed by atoms with E-state index in [0.717, 1.165) is 44.9 Å². The zero-order chi connectivity index (χ0) is 33.8. The van der Waals surface area contributed by atoms with E-state index in [9.17, 15) is 19.5 Å². The standard InChI is InChI=1S/C36H53N5O6/c1-25-22-41(26(2)24-42)34(43)31-21-30(38-35(44)37-28-14-7-5-8-15-28)18-19-32(31)47-27(3)13-11-12-20-46-33(25)23-40(4)36(45)39-29-16-9-6-10-17-29/h5,7-8,14-15,18-19,21,25-27,29,33,42H,6,9-13,16-17,20,22-24H2,1-4H3,(H,39,45)(H2,37,38,44)/t25-,26+,27-,33-/m0/s1. The van der Waals surface area contributed by atoms with Crippen molar-refractivity contribution in [1.82, 2.24) is 15.1 Å². The Labute approximate surface area is 279 Å². The Bertz CT molecular complexity index is 1300. The first-order valence-electron chi connectivity index (χ1n) is 17.1. The molecule has 1 aliphatic carbocycles. The summed E-state index contributed by atoms with van der Waals surface area (Å²) in [7, 11) is 1.79. The van der Waals surface area contributed by atoms with Crippen LogP contribution in [-0.4, -0.2) is 90.5 Å². The van der Waals surface area contributed by atoms with E-state index < -0.39 is 12.1 Å². The summed E-state index contributed by atoms with van der Waals surface area (Å²) in [5.74, 6) is -0.0720. The average molecular weight is 652 g/mol. The Morgan fingerprint density at radius 2 is 1.68 bits per heavy atom. The summed E-state index contributed by atoms with van der Waals surface area (Å²) in [6, 6.07) is 13.3. The normalized spacial score (nSPS) is 22.2. The number of aliphatic hydroxyl groups is 1. The highest BCUT2D eigenvalue weighted by atomic mass is 16.5. The van der Waals surface area contributed by atoms with Crippen LogP contribution in [0.25, 0.3) is 0 Å². The fraction of sp³-hybridized carbons (Fsp3) is 0.583. The molecule has 4 rings (SSSR count). The molecule has 1 fully saturated rings. The highest BCUT2D eigenvalue weighted by Crippen LogP contribution is 2.29. The van der Waals surface area contributed by atoms with Gasteiger partial charge in [-0.25, -0.2) is 9.59 Å². The number of nitrogens with zero attached hydrogens (tertiary/aromatic N) is 2. The monoisotopic (exact) mass is 651 g/mol. The van der Waals surface area contributed by atoms with E-state index in [4.69, 9.17) is 9.47 Å². The molecule has 2 aromatic rings. The van der Waals surface area contributed by atoms with Crippen LogP contribution in [0.5, 0.6) is 5.75 Å². The maximum Gasteiger partial charge on any atom is 0.323 e. The summed E-state index contributed by atoms with van der Waals surface area (Å²) in [6.45, 7) is 6.72. The van der Waals surface area contributed by atoms with Crippen LogP contribution in [0.15, 0.2) is 48.5 Å². The van der Waals surface area contributed by atoms with Gasteiger partial charge in [0, 0.05) is 50.1 Å². The third-order valence-corrected chi connectivity index (χ3v) is 9.07. The molecule has 258 valence electrons. The molecule has 4 atom stereocenters. The van der Waals surface area contributed by atoms with Crippen LogP contribution < -0.4 is 20.7 Å². The number of rotatable bonds is 7. The highest BCUT2D eigenvalue weighted by molar-refractivity contribution is 6.02. The zero-order valence-corrected chi connectivity index (χ0v) is 28.4. The maximum atomic E-state index is 14.3. The van der Waals surface area contributed by atoms with E-state index >= 15 is 0 Å². The molecule has 0 saturated heterocycles. The van der Waals surface area contributed by atoms with Crippen molar-refractivity contribution in [3.63, 3.8) is 0 Å². The van der Waals surface area contributed by atoms with Crippen molar-refractivity contribution in [1.29, 1.82) is 0 Å². The molecular formula is C36H53N5O6. The maximum absolute atomic E-state index is 14.3. The molecule has 2 aromatic carbocycles. The fourth-order valence-electron chi connectivity index (χ4n) is 6.16. The molecule has 5 amide bonds. The first-order valence-corrected chi connectivity index (χ1v) is 17.1. The van der Waals surface area contributed by atoms with E-state index in [1.54, 1.807) is 54.1 Å². The minimum Gasteiger partial charge on any atom is -0.490 e. The molecule has 1 saturated carbocycles. The third-order valence-electron chi connectivity index (χ3n) is 9.07. The smallest absolute Gasteiger partial charge is 0.323 e. The van der Waals surface area contributed by atoms with Crippen LogP contribution in [0.3, 0.4) is 0 Å². The number of aliphatic hydroxyl groups excluding tert-OH is 1. The largest absolute Gasteiger partial charge is 0.490 e. The number of ether oxygens (including phenoxy) is 2. The number of nitrogens with one attached hydrogen (secondary N) is 3. The molecule has 11 heteroatoms. The van der Waals surface area contributed by atoms with Crippen molar-refractivity contribution >= 4 is 29.3 Å². The first kappa shape index (κ1) is 36.0. The number of benzene rings is 2. The minimum absolute atomic E-state index is 0.111. The van der Waals surface area contributed by atoms with Crippen LogP contribution in [0.2, 0.25) is 0 Å². The lowest BCUT2D eigenvalue weighted by molar-refractivity contribution is -0.0123. The molecule has 0 unspecified atom stereocenters. The Balaban J connectivity index is 1.56. The first-order chi connectivity index (χ1) is 22.6. The molecular weight excluding hydrogens is 598 g/mol. The van der Waals surface area contributed by atoms with Gasteiger partial charge in [0.15, 0.2) is 0 Å². The molecule has 0 radical (unpaired) electrons. The van der Waals surface area contributed by atoms with E-state index in [2.05, 4.69) is 16.0 Å². The van der Waals surface area contributed by atoms with Crippen LogP contribution >= 0.6 is 0 Å². The number of likely N-dealkylation sites (N-methyl/N-ethyl adjacent to an activating group) is 1. The second-order valence-corrected chi connectivity index (χ2v) is 13.1. The summed E-state index contributed by atoms with van der Waals surface area (Å²) >= 11 is 0. The van der Waals surface area contributed by atoms with Gasteiger partial charge in [-0.15, -0.1) is 0 Å². The number of carbonyl (C=O) groups excluding carboxylic acids is 3. The lowest BCUT2D eigenvalue weighted by Gasteiger charge is -2.36. The van der Waals surface area contributed by atoms with Gasteiger partial charge in [-0.1, -0.05) is 44.4 Å².